The Bertz CT molecular complexity index is 1350. The van der Waals surface area contributed by atoms with E-state index in [2.05, 4.69) is 9.80 Å². The summed E-state index contributed by atoms with van der Waals surface area (Å²) in [6, 6.07) is 14.6. The number of ketones is 2. The molecule has 1 unspecified atom stereocenters. The van der Waals surface area contributed by atoms with E-state index in [0.717, 1.165) is 71.6 Å². The number of fused-ring (bicyclic) bond motifs is 3. The number of carbonyl (C=O) groups is 2. The van der Waals surface area contributed by atoms with Crippen molar-refractivity contribution in [3.63, 3.8) is 0 Å². The molecule has 0 bridgehead atoms. The number of benzene rings is 2. The predicted octanol–water partition coefficient (Wildman–Crippen LogP) is 5.12. The molecule has 0 amide bonds. The number of aliphatic imine (C=N–C) groups is 1. The van der Waals surface area contributed by atoms with Crippen LogP contribution in [-0.2, 0) is 9.59 Å². The van der Waals surface area contributed by atoms with Crippen LogP contribution in [0.5, 0.6) is 0 Å². The molecule has 0 radical (unpaired) electrons. The van der Waals surface area contributed by atoms with E-state index >= 15 is 0 Å². The first-order valence-corrected chi connectivity index (χ1v) is 13.2. The minimum Gasteiger partial charge on any atom is -0.369 e. The Labute approximate surface area is 214 Å². The zero-order valence-electron chi connectivity index (χ0n) is 19.8. The van der Waals surface area contributed by atoms with E-state index in [9.17, 15) is 14.0 Å². The van der Waals surface area contributed by atoms with Crippen LogP contribution in [0.1, 0.15) is 12.8 Å². The maximum atomic E-state index is 13.2. The van der Waals surface area contributed by atoms with Crippen LogP contribution in [0.25, 0.3) is 0 Å². The molecule has 0 saturated carbocycles. The van der Waals surface area contributed by atoms with E-state index in [4.69, 9.17) is 4.99 Å². The first-order chi connectivity index (χ1) is 17.6. The van der Waals surface area contributed by atoms with Crippen LogP contribution < -0.4 is 4.90 Å². The van der Waals surface area contributed by atoms with E-state index in [1.807, 2.05) is 54.6 Å². The largest absolute Gasteiger partial charge is 0.369 e. The molecule has 1 atom stereocenters. The third-order valence-corrected chi connectivity index (χ3v) is 8.34. The quantitative estimate of drug-likeness (QED) is 0.535. The summed E-state index contributed by atoms with van der Waals surface area (Å²) in [7, 11) is 0. The fourth-order valence-corrected chi connectivity index (χ4v) is 6.29. The molecule has 36 heavy (non-hydrogen) atoms. The molecule has 2 aromatic rings. The number of hydrogen-bond donors (Lipinski definition) is 0. The van der Waals surface area contributed by atoms with Gasteiger partial charge in [0.05, 0.1) is 11.4 Å². The molecular weight excluding hydrogens is 473 g/mol. The summed E-state index contributed by atoms with van der Waals surface area (Å²) in [6.45, 7) is 4.52. The number of carbonyl (C=O) groups excluding carboxylic acids is 2. The smallest absolute Gasteiger partial charge is 0.231 e. The molecule has 5 nitrogen and oxygen atoms in total. The van der Waals surface area contributed by atoms with Gasteiger partial charge in [-0.25, -0.2) is 9.38 Å². The zero-order chi connectivity index (χ0) is 24.6. The second-order valence-corrected chi connectivity index (χ2v) is 10.6. The number of piperazine rings is 1. The number of thioether (sulfide) groups is 1. The number of halogens is 1. The van der Waals surface area contributed by atoms with E-state index in [1.165, 1.54) is 23.9 Å². The Morgan fingerprint density at radius 3 is 2.50 bits per heavy atom. The van der Waals surface area contributed by atoms with Gasteiger partial charge in [-0.2, -0.15) is 0 Å². The SMILES string of the molecule is O=C1C(=O)C(CCCN2CCN(c3ccc(F)cc3)CC2)C=C2Sc3ccccc3N=C3C=CC3=C12. The molecule has 182 valence electrons. The molecule has 2 aromatic carbocycles. The first kappa shape index (κ1) is 23.1. The third-order valence-electron chi connectivity index (χ3n) is 7.22. The summed E-state index contributed by atoms with van der Waals surface area (Å²) >= 11 is 1.53. The lowest BCUT2D eigenvalue weighted by atomic mass is 9.81. The summed E-state index contributed by atoms with van der Waals surface area (Å²) in [5.41, 5.74) is 3.99. The molecular formula is C29H26FN3O2S. The molecule has 6 rings (SSSR count). The van der Waals surface area contributed by atoms with Crippen LogP contribution in [0.15, 0.2) is 92.7 Å². The number of rotatable bonds is 5. The highest BCUT2D eigenvalue weighted by Gasteiger charge is 2.38. The maximum absolute atomic E-state index is 13.2. The van der Waals surface area contributed by atoms with Crippen molar-refractivity contribution >= 4 is 40.4 Å². The molecule has 0 spiro atoms. The van der Waals surface area contributed by atoms with Crippen molar-refractivity contribution in [2.24, 2.45) is 10.9 Å². The van der Waals surface area contributed by atoms with Gasteiger partial charge in [-0.1, -0.05) is 30.0 Å². The number of hydrogen-bond acceptors (Lipinski definition) is 6. The molecule has 0 N–H and O–H groups in total. The van der Waals surface area contributed by atoms with Gasteiger partial charge in [0.1, 0.15) is 5.82 Å². The standard InChI is InChI=1S/C29H26FN3O2S/c30-20-7-9-21(10-8-20)33-16-14-32(15-17-33)13-3-4-19-18-26-27(29(35)28(19)34)22-11-12-23(22)31-24-5-1-2-6-25(24)36-26/h1-2,5-12,18-19H,3-4,13-17H2. The third kappa shape index (κ3) is 4.38. The molecule has 4 aliphatic rings. The van der Waals surface area contributed by atoms with Crippen LogP contribution in [0.2, 0.25) is 0 Å². The molecule has 2 heterocycles. The Morgan fingerprint density at radius 1 is 0.972 bits per heavy atom. The minimum atomic E-state index is -0.388. The maximum Gasteiger partial charge on any atom is 0.231 e. The highest BCUT2D eigenvalue weighted by atomic mass is 32.2. The highest BCUT2D eigenvalue weighted by Crippen LogP contribution is 2.45. The van der Waals surface area contributed by atoms with Gasteiger partial charge in [-0.3, -0.25) is 14.5 Å². The predicted molar refractivity (Wildman–Crippen MR) is 141 cm³/mol. The zero-order valence-corrected chi connectivity index (χ0v) is 20.6. The second kappa shape index (κ2) is 9.64. The van der Waals surface area contributed by atoms with E-state index in [-0.39, 0.29) is 23.3 Å². The van der Waals surface area contributed by atoms with Gasteiger partial charge in [0.15, 0.2) is 0 Å². The fourth-order valence-electron chi connectivity index (χ4n) is 5.15. The van der Waals surface area contributed by atoms with Gasteiger partial charge in [0.2, 0.25) is 11.6 Å². The Morgan fingerprint density at radius 2 is 1.75 bits per heavy atom. The van der Waals surface area contributed by atoms with E-state index < -0.39 is 0 Å². The molecule has 1 saturated heterocycles. The van der Waals surface area contributed by atoms with Crippen molar-refractivity contribution in [1.82, 2.24) is 4.90 Å². The summed E-state index contributed by atoms with van der Waals surface area (Å²) in [4.78, 5) is 37.5. The number of anilines is 1. The van der Waals surface area contributed by atoms with Gasteiger partial charge in [0.25, 0.3) is 0 Å². The number of para-hydroxylation sites is 1. The lowest BCUT2D eigenvalue weighted by molar-refractivity contribution is -0.136. The summed E-state index contributed by atoms with van der Waals surface area (Å²) in [5.74, 6) is -1.30. The van der Waals surface area contributed by atoms with Crippen molar-refractivity contribution in [3.8, 4) is 0 Å². The van der Waals surface area contributed by atoms with Crippen LogP contribution in [0, 0.1) is 11.7 Å². The number of Topliss-reactive ketones (excluding diaryl/α,β-unsaturated/α-hetero) is 2. The van der Waals surface area contributed by atoms with E-state index in [1.54, 1.807) is 0 Å². The lowest BCUT2D eigenvalue weighted by Gasteiger charge is -2.36. The normalized spacial score (nSPS) is 21.6. The molecule has 2 aliphatic carbocycles. The van der Waals surface area contributed by atoms with Crippen LogP contribution >= 0.6 is 11.8 Å². The number of nitrogens with zero attached hydrogens (tertiary/aromatic N) is 3. The van der Waals surface area contributed by atoms with Crippen LogP contribution in [0.3, 0.4) is 0 Å². The highest BCUT2D eigenvalue weighted by molar-refractivity contribution is 8.03. The Hall–Kier alpha value is -3.29. The molecule has 1 fully saturated rings. The lowest BCUT2D eigenvalue weighted by Crippen LogP contribution is -2.46. The molecule has 2 aliphatic heterocycles. The van der Waals surface area contributed by atoms with Crippen LogP contribution in [0.4, 0.5) is 15.8 Å². The fraction of sp³-hybridized carbons (Fsp3) is 0.276. The second-order valence-electron chi connectivity index (χ2n) is 9.47. The van der Waals surface area contributed by atoms with Gasteiger partial charge < -0.3 is 4.90 Å². The van der Waals surface area contributed by atoms with E-state index in [0.29, 0.717) is 12.0 Å². The summed E-state index contributed by atoms with van der Waals surface area (Å²) in [6.07, 6.45) is 7.30. The Kier molecular flexibility index (Phi) is 6.19. The number of allylic oxidation sites excluding steroid dienone is 5. The summed E-state index contributed by atoms with van der Waals surface area (Å²) in [5, 5.41) is 0. The van der Waals surface area contributed by atoms with Crippen molar-refractivity contribution in [3.05, 3.63) is 88.6 Å². The Balaban J connectivity index is 1.12. The van der Waals surface area contributed by atoms with Gasteiger partial charge in [0, 0.05) is 58.7 Å². The van der Waals surface area contributed by atoms with Crippen molar-refractivity contribution in [2.75, 3.05) is 37.6 Å². The minimum absolute atomic E-state index is 0.217. The van der Waals surface area contributed by atoms with Crippen molar-refractivity contribution in [1.29, 1.82) is 0 Å². The molecule has 0 aromatic heterocycles. The van der Waals surface area contributed by atoms with Crippen LogP contribution in [-0.4, -0.2) is 54.9 Å². The van der Waals surface area contributed by atoms with Gasteiger partial charge in [-0.05, 0) is 67.9 Å². The average molecular weight is 500 g/mol. The van der Waals surface area contributed by atoms with Crippen molar-refractivity contribution in [2.45, 2.75) is 17.7 Å². The topological polar surface area (TPSA) is 53.0 Å². The van der Waals surface area contributed by atoms with Gasteiger partial charge >= 0.3 is 0 Å². The van der Waals surface area contributed by atoms with Gasteiger partial charge in [-0.15, -0.1) is 0 Å². The first-order valence-electron chi connectivity index (χ1n) is 12.4. The summed E-state index contributed by atoms with van der Waals surface area (Å²) < 4.78 is 13.2. The average Bonchev–Trinajstić information content (AvgIpc) is 2.88. The monoisotopic (exact) mass is 499 g/mol. The molecule has 7 heteroatoms. The van der Waals surface area contributed by atoms with Crippen molar-refractivity contribution < 1.29 is 14.0 Å².